The maximum atomic E-state index is 12.3. The third-order valence-electron chi connectivity index (χ3n) is 5.40. The van der Waals surface area contributed by atoms with E-state index in [1.54, 1.807) is 0 Å². The number of piperidine rings is 1. The Morgan fingerprint density at radius 3 is 2.50 bits per heavy atom. The number of nitrogens with one attached hydrogen (secondary N) is 1. The van der Waals surface area contributed by atoms with Crippen LogP contribution in [0.25, 0.3) is 0 Å². The van der Waals surface area contributed by atoms with E-state index in [0.717, 1.165) is 23.9 Å². The third kappa shape index (κ3) is 4.76. The molecular weight excluding hydrogens is 320 g/mol. The van der Waals surface area contributed by atoms with Crippen LogP contribution in [0.1, 0.15) is 76.1 Å². The van der Waals surface area contributed by atoms with Gasteiger partial charge in [0.15, 0.2) is 0 Å². The Balaban J connectivity index is 1.41. The fourth-order valence-corrected chi connectivity index (χ4v) is 4.68. The third-order valence-corrected chi connectivity index (χ3v) is 6.53. The molecule has 1 saturated heterocycles. The van der Waals surface area contributed by atoms with E-state index < -0.39 is 0 Å². The van der Waals surface area contributed by atoms with Crippen molar-refractivity contribution in [2.24, 2.45) is 5.92 Å². The van der Waals surface area contributed by atoms with Crippen molar-refractivity contribution in [3.05, 3.63) is 5.01 Å². The van der Waals surface area contributed by atoms with Crippen LogP contribution < -0.4 is 5.32 Å². The zero-order chi connectivity index (χ0) is 16.9. The molecule has 1 aliphatic carbocycles. The highest BCUT2D eigenvalue weighted by Crippen LogP contribution is 2.29. The molecule has 1 aliphatic heterocycles. The molecule has 0 atom stereocenters. The lowest BCUT2D eigenvalue weighted by Gasteiger charge is -2.39. The fraction of sp³-hybridized carbons (Fsp3) is 0.833. The van der Waals surface area contributed by atoms with E-state index in [9.17, 15) is 4.79 Å². The molecule has 24 heavy (non-hydrogen) atoms. The van der Waals surface area contributed by atoms with Crippen molar-refractivity contribution < 1.29 is 4.79 Å². The number of carbonyl (C=O) groups is 1. The summed E-state index contributed by atoms with van der Waals surface area (Å²) in [6.07, 6.45) is 9.88. The molecule has 0 aromatic carbocycles. The molecule has 0 bridgehead atoms. The van der Waals surface area contributed by atoms with Crippen LogP contribution in [0, 0.1) is 5.92 Å². The quantitative estimate of drug-likeness (QED) is 0.871. The minimum absolute atomic E-state index is 0.0950. The summed E-state index contributed by atoms with van der Waals surface area (Å²) >= 11 is 1.49. The van der Waals surface area contributed by atoms with Gasteiger partial charge in [-0.3, -0.25) is 4.79 Å². The molecule has 2 fully saturated rings. The molecule has 6 heteroatoms. The second-order valence-electron chi connectivity index (χ2n) is 7.62. The van der Waals surface area contributed by atoms with Gasteiger partial charge in [0, 0.05) is 18.4 Å². The minimum Gasteiger partial charge on any atom is -0.301 e. The molecule has 0 spiro atoms. The number of amides is 1. The smallest absolute Gasteiger partial charge is 0.226 e. The zero-order valence-electron chi connectivity index (χ0n) is 15.0. The van der Waals surface area contributed by atoms with Crippen molar-refractivity contribution in [1.82, 2.24) is 15.1 Å². The standard InChI is InChI=1S/C18H30N4OS/c1-13(2)17-20-21-18(24-17)19-16(23)12-14-8-10-22(11-9-14)15-6-4-3-5-7-15/h13-15H,3-12H2,1-2H3,(H,19,21,23). The highest BCUT2D eigenvalue weighted by Gasteiger charge is 2.27. The van der Waals surface area contributed by atoms with Gasteiger partial charge in [0.05, 0.1) is 0 Å². The second-order valence-corrected chi connectivity index (χ2v) is 8.63. The Morgan fingerprint density at radius 2 is 1.88 bits per heavy atom. The number of carbonyl (C=O) groups excluding carboxylic acids is 1. The predicted octanol–water partition coefficient (Wildman–Crippen LogP) is 4.03. The molecule has 1 aromatic rings. The first-order chi connectivity index (χ1) is 11.6. The van der Waals surface area contributed by atoms with Gasteiger partial charge in [-0.1, -0.05) is 44.4 Å². The van der Waals surface area contributed by atoms with Gasteiger partial charge in [-0.15, -0.1) is 10.2 Å². The molecule has 0 unspecified atom stereocenters. The summed E-state index contributed by atoms with van der Waals surface area (Å²) in [7, 11) is 0. The zero-order valence-corrected chi connectivity index (χ0v) is 15.8. The number of aromatic nitrogens is 2. The average molecular weight is 351 g/mol. The van der Waals surface area contributed by atoms with Gasteiger partial charge in [0.2, 0.25) is 11.0 Å². The largest absolute Gasteiger partial charge is 0.301 e. The monoisotopic (exact) mass is 350 g/mol. The van der Waals surface area contributed by atoms with Crippen LogP contribution >= 0.6 is 11.3 Å². The molecular formula is C18H30N4OS. The van der Waals surface area contributed by atoms with E-state index in [1.807, 2.05) is 0 Å². The Morgan fingerprint density at radius 1 is 1.17 bits per heavy atom. The molecule has 0 radical (unpaired) electrons. The summed E-state index contributed by atoms with van der Waals surface area (Å²) in [4.78, 5) is 14.9. The summed E-state index contributed by atoms with van der Waals surface area (Å²) in [5, 5.41) is 12.7. The first kappa shape index (κ1) is 17.8. The van der Waals surface area contributed by atoms with Gasteiger partial charge in [0.1, 0.15) is 5.01 Å². The van der Waals surface area contributed by atoms with Gasteiger partial charge in [-0.2, -0.15) is 0 Å². The summed E-state index contributed by atoms with van der Waals surface area (Å²) < 4.78 is 0. The number of nitrogens with zero attached hydrogens (tertiary/aromatic N) is 3. The molecule has 5 nitrogen and oxygen atoms in total. The van der Waals surface area contributed by atoms with Crippen LogP contribution in [0.2, 0.25) is 0 Å². The molecule has 1 saturated carbocycles. The Labute approximate surface area is 149 Å². The first-order valence-corrected chi connectivity index (χ1v) is 10.3. The van der Waals surface area contributed by atoms with Crippen molar-refractivity contribution in [3.8, 4) is 0 Å². The Bertz CT molecular complexity index is 531. The van der Waals surface area contributed by atoms with Crippen LogP contribution in [-0.4, -0.2) is 40.1 Å². The maximum Gasteiger partial charge on any atom is 0.226 e. The van der Waals surface area contributed by atoms with Gasteiger partial charge in [0.25, 0.3) is 0 Å². The highest BCUT2D eigenvalue weighted by molar-refractivity contribution is 7.15. The van der Waals surface area contributed by atoms with Crippen LogP contribution in [0.3, 0.4) is 0 Å². The van der Waals surface area contributed by atoms with Crippen molar-refractivity contribution in [2.75, 3.05) is 18.4 Å². The van der Waals surface area contributed by atoms with Crippen LogP contribution in [0.4, 0.5) is 5.13 Å². The lowest BCUT2D eigenvalue weighted by molar-refractivity contribution is -0.117. The van der Waals surface area contributed by atoms with Gasteiger partial charge in [-0.25, -0.2) is 0 Å². The second kappa shape index (κ2) is 8.39. The normalized spacial score (nSPS) is 21.3. The number of anilines is 1. The Kier molecular flexibility index (Phi) is 6.22. The minimum atomic E-state index is 0.0950. The summed E-state index contributed by atoms with van der Waals surface area (Å²) in [6, 6.07) is 0.810. The summed E-state index contributed by atoms with van der Waals surface area (Å²) in [5.74, 6) is 0.970. The molecule has 3 rings (SSSR count). The van der Waals surface area contributed by atoms with Crippen molar-refractivity contribution in [1.29, 1.82) is 0 Å². The molecule has 2 aliphatic rings. The lowest BCUT2D eigenvalue weighted by atomic mass is 9.89. The summed E-state index contributed by atoms with van der Waals surface area (Å²) in [6.45, 7) is 6.51. The predicted molar refractivity (Wildman–Crippen MR) is 98.4 cm³/mol. The van der Waals surface area contributed by atoms with Crippen LogP contribution in [0.15, 0.2) is 0 Å². The van der Waals surface area contributed by atoms with Crippen molar-refractivity contribution >= 4 is 22.4 Å². The van der Waals surface area contributed by atoms with E-state index in [4.69, 9.17) is 0 Å². The van der Waals surface area contributed by atoms with Gasteiger partial charge < -0.3 is 10.2 Å². The number of likely N-dealkylation sites (tertiary alicyclic amines) is 1. The fourth-order valence-electron chi connectivity index (χ4n) is 3.92. The van der Waals surface area contributed by atoms with Crippen LogP contribution in [0.5, 0.6) is 0 Å². The molecule has 1 aromatic heterocycles. The van der Waals surface area contributed by atoms with E-state index in [0.29, 0.717) is 23.4 Å². The van der Waals surface area contributed by atoms with E-state index in [2.05, 4.69) is 34.3 Å². The molecule has 134 valence electrons. The van der Waals surface area contributed by atoms with E-state index in [1.165, 1.54) is 56.5 Å². The SMILES string of the molecule is CC(C)c1nnc(NC(=O)CC2CCN(C3CCCCC3)CC2)s1. The number of hydrogen-bond donors (Lipinski definition) is 1. The van der Waals surface area contributed by atoms with Gasteiger partial charge >= 0.3 is 0 Å². The maximum absolute atomic E-state index is 12.3. The van der Waals surface area contributed by atoms with Crippen LogP contribution in [-0.2, 0) is 4.79 Å². The van der Waals surface area contributed by atoms with Gasteiger partial charge in [-0.05, 0) is 44.7 Å². The number of rotatable bonds is 5. The molecule has 1 N–H and O–H groups in total. The van der Waals surface area contributed by atoms with E-state index >= 15 is 0 Å². The highest BCUT2D eigenvalue weighted by atomic mass is 32.1. The topological polar surface area (TPSA) is 58.1 Å². The number of hydrogen-bond acceptors (Lipinski definition) is 5. The van der Waals surface area contributed by atoms with Crippen molar-refractivity contribution in [3.63, 3.8) is 0 Å². The molecule has 2 heterocycles. The summed E-state index contributed by atoms with van der Waals surface area (Å²) in [5.41, 5.74) is 0. The molecule has 1 amide bonds. The first-order valence-electron chi connectivity index (χ1n) is 9.49. The van der Waals surface area contributed by atoms with E-state index in [-0.39, 0.29) is 5.91 Å². The Hall–Kier alpha value is -1.01. The average Bonchev–Trinajstić information content (AvgIpc) is 3.05. The lowest BCUT2D eigenvalue weighted by Crippen LogP contribution is -2.42. The van der Waals surface area contributed by atoms with Crippen molar-refractivity contribution in [2.45, 2.75) is 77.2 Å².